The lowest BCUT2D eigenvalue weighted by Crippen LogP contribution is -2.62. The Labute approximate surface area is 98.3 Å². The molecule has 0 bridgehead atoms. The molecule has 0 aromatic rings. The first-order chi connectivity index (χ1) is 7.97. The van der Waals surface area contributed by atoms with Crippen molar-refractivity contribution in [3.8, 4) is 0 Å². The molecule has 0 aromatic heterocycles. The van der Waals surface area contributed by atoms with Crippen LogP contribution in [-0.2, 0) is 9.53 Å². The Morgan fingerprint density at radius 3 is 2.53 bits per heavy atom. The quantitative estimate of drug-likeness (QED) is 0.339. The van der Waals surface area contributed by atoms with Crippen molar-refractivity contribution < 1.29 is 30.0 Å². The molecule has 5 atom stereocenters. The number of hydrogen-bond acceptors (Lipinski definition) is 7. The van der Waals surface area contributed by atoms with Crippen molar-refractivity contribution in [1.29, 1.82) is 0 Å². The molecule has 0 spiro atoms. The number of carbonyl (C=O) groups is 1. The number of ketones is 1. The molecule has 7 heteroatoms. The highest BCUT2D eigenvalue weighted by Crippen LogP contribution is 2.19. The van der Waals surface area contributed by atoms with E-state index in [0.29, 0.717) is 0 Å². The third-order valence-corrected chi connectivity index (χ3v) is 2.44. The second kappa shape index (κ2) is 6.08. The van der Waals surface area contributed by atoms with Gasteiger partial charge in [-0.05, 0) is 6.08 Å². The van der Waals surface area contributed by atoms with Crippen LogP contribution in [0.15, 0.2) is 12.3 Å². The van der Waals surface area contributed by atoms with Gasteiger partial charge < -0.3 is 30.5 Å². The molecule has 0 aromatic carbocycles. The molecule has 1 aliphatic rings. The Kier molecular flexibility index (Phi) is 5.03. The number of aliphatic hydroxyl groups is 4. The van der Waals surface area contributed by atoms with Crippen molar-refractivity contribution in [2.45, 2.75) is 30.6 Å². The van der Waals surface area contributed by atoms with Crippen molar-refractivity contribution >= 4 is 5.78 Å². The number of rotatable bonds is 4. The van der Waals surface area contributed by atoms with Gasteiger partial charge in [-0.3, -0.25) is 4.79 Å². The average Bonchev–Trinajstić information content (AvgIpc) is 2.27. The zero-order valence-corrected chi connectivity index (χ0v) is 8.93. The molecule has 2 radical (unpaired) electrons. The molecule has 1 heterocycles. The zero-order chi connectivity index (χ0) is 13.0. The first-order valence-electron chi connectivity index (χ1n) is 5.00. The maximum atomic E-state index is 10.4. The number of allylic oxidation sites excluding steroid dienone is 1. The molecule has 1 aliphatic heterocycles. The van der Waals surface area contributed by atoms with Crippen LogP contribution in [0.3, 0.4) is 0 Å². The van der Waals surface area contributed by atoms with Gasteiger partial charge in [0, 0.05) is 13.1 Å². The van der Waals surface area contributed by atoms with Crippen LogP contribution in [0.25, 0.3) is 0 Å². The highest BCUT2D eigenvalue weighted by molar-refractivity contribution is 5.93. The average molecular weight is 245 g/mol. The number of carbonyl (C=O) groups excluding carboxylic acids is 1. The molecule has 96 valence electrons. The third-order valence-electron chi connectivity index (χ3n) is 2.44. The molecule has 0 saturated carbocycles. The second-order valence-electron chi connectivity index (χ2n) is 3.66. The lowest BCUT2D eigenvalue weighted by atomic mass is 9.97. The zero-order valence-electron chi connectivity index (χ0n) is 8.93. The summed E-state index contributed by atoms with van der Waals surface area (Å²) in [6, 6.07) is -1.02. The molecule has 7 nitrogen and oxygen atoms in total. The highest BCUT2D eigenvalue weighted by atomic mass is 16.6. The van der Waals surface area contributed by atoms with E-state index < -0.39 is 43.0 Å². The Morgan fingerprint density at radius 1 is 1.35 bits per heavy atom. The van der Waals surface area contributed by atoms with E-state index >= 15 is 0 Å². The van der Waals surface area contributed by atoms with E-state index in [-0.39, 0.29) is 0 Å². The van der Waals surface area contributed by atoms with Crippen LogP contribution in [-0.4, -0.2) is 63.5 Å². The third kappa shape index (κ3) is 3.48. The predicted molar refractivity (Wildman–Crippen MR) is 55.3 cm³/mol. The molecular weight excluding hydrogens is 230 g/mol. The summed E-state index contributed by atoms with van der Waals surface area (Å²) in [5.41, 5.74) is 0. The van der Waals surface area contributed by atoms with E-state index in [1.807, 2.05) is 0 Å². The highest BCUT2D eigenvalue weighted by Gasteiger charge is 2.43. The lowest BCUT2D eigenvalue weighted by molar-refractivity contribution is -0.252. The lowest BCUT2D eigenvalue weighted by Gasteiger charge is -2.40. The van der Waals surface area contributed by atoms with Crippen LogP contribution in [0.5, 0.6) is 0 Å². The van der Waals surface area contributed by atoms with Gasteiger partial charge in [0.25, 0.3) is 0 Å². The van der Waals surface area contributed by atoms with E-state index in [1.165, 1.54) is 0 Å². The molecule has 1 unspecified atom stereocenters. The Balaban J connectivity index is 2.63. The number of nitrogens with one attached hydrogen (secondary N) is 1. The molecular formula is C10H15NO6. The molecule has 0 aliphatic carbocycles. The van der Waals surface area contributed by atoms with E-state index in [9.17, 15) is 20.1 Å². The van der Waals surface area contributed by atoms with Gasteiger partial charge in [-0.25, -0.2) is 0 Å². The molecule has 1 rings (SSSR count). The fourth-order valence-electron chi connectivity index (χ4n) is 1.52. The van der Waals surface area contributed by atoms with Gasteiger partial charge >= 0.3 is 0 Å². The van der Waals surface area contributed by atoms with Crippen LogP contribution in [0.1, 0.15) is 0 Å². The minimum absolute atomic E-state index is 0.529. The van der Waals surface area contributed by atoms with E-state index in [0.717, 1.165) is 12.3 Å². The first-order valence-corrected chi connectivity index (χ1v) is 5.00. The van der Waals surface area contributed by atoms with E-state index in [1.54, 1.807) is 0 Å². The van der Waals surface area contributed by atoms with E-state index in [4.69, 9.17) is 16.8 Å². The summed E-state index contributed by atoms with van der Waals surface area (Å²) >= 11 is 0. The molecule has 1 saturated heterocycles. The van der Waals surface area contributed by atoms with Crippen LogP contribution in [0.4, 0.5) is 0 Å². The maximum absolute atomic E-state index is 10.4. The molecule has 0 amide bonds. The normalized spacial score (nSPS) is 38.3. The molecule has 1 fully saturated rings. The minimum Gasteiger partial charge on any atom is -0.394 e. The Hall–Kier alpha value is -0.990. The summed E-state index contributed by atoms with van der Waals surface area (Å²) in [5.74, 6) is -0.702. The van der Waals surface area contributed by atoms with Crippen LogP contribution in [0, 0.1) is 6.92 Å². The second-order valence-corrected chi connectivity index (χ2v) is 3.66. The topological polar surface area (TPSA) is 119 Å². The summed E-state index contributed by atoms with van der Waals surface area (Å²) in [6.07, 6.45) is -3.06. The number of ether oxygens (including phenoxy) is 1. The summed E-state index contributed by atoms with van der Waals surface area (Å²) in [5, 5.41) is 40.0. The SMILES string of the molecule is [CH]C(=O)/C=C\N[C@@H]1C(O)O[C@H](CO)[C@@H](O)[C@@H]1O. The van der Waals surface area contributed by atoms with Crippen LogP contribution >= 0.6 is 0 Å². The number of hydrogen-bond donors (Lipinski definition) is 5. The van der Waals surface area contributed by atoms with Gasteiger partial charge in [-0.2, -0.15) is 0 Å². The van der Waals surface area contributed by atoms with Crippen molar-refractivity contribution in [1.82, 2.24) is 5.32 Å². The smallest absolute Gasteiger partial charge is 0.178 e. The predicted octanol–water partition coefficient (Wildman–Crippen LogP) is -2.83. The van der Waals surface area contributed by atoms with Gasteiger partial charge in [0.2, 0.25) is 0 Å². The van der Waals surface area contributed by atoms with Crippen molar-refractivity contribution in [2.24, 2.45) is 0 Å². The number of aliphatic hydroxyl groups excluding tert-OH is 4. The Bertz CT molecular complexity index is 295. The fourth-order valence-corrected chi connectivity index (χ4v) is 1.52. The fraction of sp³-hybridized carbons (Fsp3) is 0.600. The summed E-state index contributed by atoms with van der Waals surface area (Å²) in [7, 11) is 0. The van der Waals surface area contributed by atoms with Crippen molar-refractivity contribution in [3.05, 3.63) is 19.2 Å². The Morgan fingerprint density at radius 2 is 2.00 bits per heavy atom. The largest absolute Gasteiger partial charge is 0.394 e. The van der Waals surface area contributed by atoms with Gasteiger partial charge in [-0.1, -0.05) is 0 Å². The standard InChI is InChI=1S/C10H15NO6/c1-5(13)2-3-11-7-9(15)8(14)6(4-12)17-10(7)16/h1-3,6-12,14-16H,4H2/b3-2-/t6-,7+,8-,9-,10?/m1/s1. The molecule has 17 heavy (non-hydrogen) atoms. The molecule has 5 N–H and O–H groups in total. The summed E-state index contributed by atoms with van der Waals surface area (Å²) < 4.78 is 4.87. The minimum atomic E-state index is -1.43. The summed E-state index contributed by atoms with van der Waals surface area (Å²) in [4.78, 5) is 10.4. The first kappa shape index (κ1) is 14.1. The van der Waals surface area contributed by atoms with Crippen molar-refractivity contribution in [2.75, 3.05) is 6.61 Å². The van der Waals surface area contributed by atoms with Gasteiger partial charge in [0.15, 0.2) is 12.1 Å². The van der Waals surface area contributed by atoms with Crippen LogP contribution in [0.2, 0.25) is 0 Å². The maximum Gasteiger partial charge on any atom is 0.178 e. The van der Waals surface area contributed by atoms with Crippen LogP contribution < -0.4 is 5.32 Å². The monoisotopic (exact) mass is 245 g/mol. The van der Waals surface area contributed by atoms with E-state index in [2.05, 4.69) is 5.32 Å². The van der Waals surface area contributed by atoms with Crippen molar-refractivity contribution in [3.63, 3.8) is 0 Å². The summed E-state index contributed by atoms with van der Waals surface area (Å²) in [6.45, 7) is 4.32. The van der Waals surface area contributed by atoms with Gasteiger partial charge in [0.05, 0.1) is 6.61 Å². The van der Waals surface area contributed by atoms with Gasteiger partial charge in [-0.15, -0.1) is 0 Å². The van der Waals surface area contributed by atoms with Gasteiger partial charge in [0.1, 0.15) is 24.4 Å².